The van der Waals surface area contributed by atoms with Crippen molar-refractivity contribution in [2.24, 2.45) is 0 Å². The molecule has 1 N–H and O–H groups in total. The summed E-state index contributed by atoms with van der Waals surface area (Å²) in [5.74, 6) is -0.317. The minimum atomic E-state index is -0.684. The summed E-state index contributed by atoms with van der Waals surface area (Å²) in [5.41, 5.74) is 0.933. The van der Waals surface area contributed by atoms with Crippen LogP contribution in [0.2, 0.25) is 0 Å². The van der Waals surface area contributed by atoms with Crippen LogP contribution in [-0.2, 0) is 6.42 Å². The van der Waals surface area contributed by atoms with Crippen molar-refractivity contribution in [3.8, 4) is 0 Å². The minimum absolute atomic E-state index is 0.173. The van der Waals surface area contributed by atoms with E-state index in [1.807, 2.05) is 13.8 Å². The molecule has 0 saturated carbocycles. The van der Waals surface area contributed by atoms with E-state index in [1.165, 1.54) is 12.1 Å². The smallest absolute Gasteiger partial charge is 0.278 e. The lowest BCUT2D eigenvalue weighted by Crippen LogP contribution is -2.27. The van der Waals surface area contributed by atoms with E-state index in [0.717, 1.165) is 6.54 Å². The second-order valence-electron chi connectivity index (χ2n) is 4.19. The summed E-state index contributed by atoms with van der Waals surface area (Å²) in [4.78, 5) is 0. The molecule has 0 spiro atoms. The first-order chi connectivity index (χ1) is 8.10. The standard InChI is InChI=1S/C13H15F2NO/c1-3-16-8(2)4-9-6-12-10(5-11(9)14)7-13(15)17-12/h5-8,16H,3-4H2,1-2H3/t8-/m1/s1. The van der Waals surface area contributed by atoms with Crippen molar-refractivity contribution in [1.82, 2.24) is 5.32 Å². The van der Waals surface area contributed by atoms with Crippen LogP contribution in [0.1, 0.15) is 19.4 Å². The van der Waals surface area contributed by atoms with E-state index in [2.05, 4.69) is 5.32 Å². The molecule has 92 valence electrons. The van der Waals surface area contributed by atoms with Crippen LogP contribution in [0.25, 0.3) is 11.0 Å². The van der Waals surface area contributed by atoms with Crippen molar-refractivity contribution in [3.63, 3.8) is 0 Å². The van der Waals surface area contributed by atoms with Gasteiger partial charge in [0.1, 0.15) is 11.4 Å². The van der Waals surface area contributed by atoms with E-state index in [0.29, 0.717) is 23.0 Å². The van der Waals surface area contributed by atoms with Crippen molar-refractivity contribution in [3.05, 3.63) is 35.6 Å². The molecule has 0 unspecified atom stereocenters. The second-order valence-corrected chi connectivity index (χ2v) is 4.19. The quantitative estimate of drug-likeness (QED) is 0.886. The van der Waals surface area contributed by atoms with Crippen molar-refractivity contribution in [1.29, 1.82) is 0 Å². The highest BCUT2D eigenvalue weighted by Gasteiger charge is 2.11. The monoisotopic (exact) mass is 239 g/mol. The van der Waals surface area contributed by atoms with E-state index in [-0.39, 0.29) is 11.9 Å². The van der Waals surface area contributed by atoms with E-state index < -0.39 is 6.01 Å². The molecule has 0 aliphatic rings. The molecule has 1 aromatic carbocycles. The lowest BCUT2D eigenvalue weighted by atomic mass is 10.1. The fourth-order valence-electron chi connectivity index (χ4n) is 1.98. The maximum absolute atomic E-state index is 13.7. The molecule has 2 rings (SSSR count). The van der Waals surface area contributed by atoms with Gasteiger partial charge in [0.25, 0.3) is 6.01 Å². The Bertz CT molecular complexity index is 521. The molecule has 0 radical (unpaired) electrons. The number of rotatable bonds is 4. The summed E-state index contributed by atoms with van der Waals surface area (Å²) in [6.45, 7) is 4.81. The maximum atomic E-state index is 13.7. The molecule has 0 amide bonds. The van der Waals surface area contributed by atoms with Gasteiger partial charge < -0.3 is 9.73 Å². The van der Waals surface area contributed by atoms with Gasteiger partial charge in [-0.3, -0.25) is 0 Å². The van der Waals surface area contributed by atoms with Crippen LogP contribution < -0.4 is 5.32 Å². The van der Waals surface area contributed by atoms with E-state index in [1.54, 1.807) is 6.07 Å². The van der Waals surface area contributed by atoms with Crippen molar-refractivity contribution < 1.29 is 13.2 Å². The van der Waals surface area contributed by atoms with Crippen LogP contribution in [0.5, 0.6) is 0 Å². The van der Waals surface area contributed by atoms with Gasteiger partial charge in [0.15, 0.2) is 0 Å². The predicted octanol–water partition coefficient (Wildman–Crippen LogP) is 3.25. The first kappa shape index (κ1) is 12.0. The van der Waals surface area contributed by atoms with Crippen LogP contribution >= 0.6 is 0 Å². The van der Waals surface area contributed by atoms with Crippen LogP contribution in [-0.4, -0.2) is 12.6 Å². The molecule has 1 aromatic heterocycles. The number of halogens is 2. The molecule has 0 fully saturated rings. The number of hydrogen-bond donors (Lipinski definition) is 1. The lowest BCUT2D eigenvalue weighted by Gasteiger charge is -2.12. The van der Waals surface area contributed by atoms with E-state index in [9.17, 15) is 8.78 Å². The molecular weight excluding hydrogens is 224 g/mol. The Morgan fingerprint density at radius 2 is 2.06 bits per heavy atom. The largest absolute Gasteiger partial charge is 0.431 e. The first-order valence-corrected chi connectivity index (χ1v) is 5.71. The summed E-state index contributed by atoms with van der Waals surface area (Å²) in [6.07, 6.45) is 0.554. The number of benzene rings is 1. The van der Waals surface area contributed by atoms with Crippen LogP contribution in [0.4, 0.5) is 8.78 Å². The van der Waals surface area contributed by atoms with Gasteiger partial charge in [-0.05, 0) is 37.6 Å². The maximum Gasteiger partial charge on any atom is 0.278 e. The first-order valence-electron chi connectivity index (χ1n) is 5.71. The van der Waals surface area contributed by atoms with Crippen molar-refractivity contribution >= 4 is 11.0 Å². The summed E-state index contributed by atoms with van der Waals surface area (Å²) in [7, 11) is 0. The van der Waals surface area contributed by atoms with Crippen LogP contribution in [0.15, 0.2) is 22.6 Å². The number of hydrogen-bond acceptors (Lipinski definition) is 2. The normalized spacial score (nSPS) is 13.2. The van der Waals surface area contributed by atoms with Gasteiger partial charge in [-0.25, -0.2) is 4.39 Å². The predicted molar refractivity (Wildman–Crippen MR) is 63.0 cm³/mol. The van der Waals surface area contributed by atoms with Gasteiger partial charge in [0, 0.05) is 17.5 Å². The Hall–Kier alpha value is -1.42. The Kier molecular flexibility index (Phi) is 3.43. The number of fused-ring (bicyclic) bond motifs is 1. The van der Waals surface area contributed by atoms with Gasteiger partial charge >= 0.3 is 0 Å². The van der Waals surface area contributed by atoms with E-state index >= 15 is 0 Å². The van der Waals surface area contributed by atoms with Crippen LogP contribution in [0.3, 0.4) is 0 Å². The third kappa shape index (κ3) is 2.64. The molecule has 0 bridgehead atoms. The zero-order chi connectivity index (χ0) is 12.4. The molecule has 17 heavy (non-hydrogen) atoms. The molecule has 4 heteroatoms. The highest BCUT2D eigenvalue weighted by atomic mass is 19.1. The number of nitrogens with one attached hydrogen (secondary N) is 1. The number of furan rings is 1. The third-order valence-corrected chi connectivity index (χ3v) is 2.73. The molecule has 0 saturated heterocycles. The molecule has 1 heterocycles. The lowest BCUT2D eigenvalue weighted by molar-refractivity contribution is 0.380. The Balaban J connectivity index is 2.30. The van der Waals surface area contributed by atoms with Gasteiger partial charge in [0.2, 0.25) is 0 Å². The Labute approximate surface area is 98.6 Å². The molecule has 1 atom stereocenters. The SMILES string of the molecule is CCN[C@H](C)Cc1cc2oc(F)cc2cc1F. The average molecular weight is 239 g/mol. The van der Waals surface area contributed by atoms with E-state index in [4.69, 9.17) is 4.42 Å². The molecule has 0 aliphatic carbocycles. The van der Waals surface area contributed by atoms with Gasteiger partial charge in [-0.15, -0.1) is 0 Å². The molecule has 0 aliphatic heterocycles. The Morgan fingerprint density at radius 3 is 2.76 bits per heavy atom. The summed E-state index contributed by atoms with van der Waals surface area (Å²) >= 11 is 0. The third-order valence-electron chi connectivity index (χ3n) is 2.73. The zero-order valence-electron chi connectivity index (χ0n) is 9.89. The summed E-state index contributed by atoms with van der Waals surface area (Å²) in [6, 6.07) is 3.57. The number of likely N-dealkylation sites (N-methyl/N-ethyl adjacent to an activating group) is 1. The van der Waals surface area contributed by atoms with Crippen molar-refractivity contribution in [2.45, 2.75) is 26.3 Å². The summed E-state index contributed by atoms with van der Waals surface area (Å²) < 4.78 is 31.5. The van der Waals surface area contributed by atoms with Gasteiger partial charge in [-0.1, -0.05) is 6.92 Å². The molecular formula is C13H15F2NO. The van der Waals surface area contributed by atoms with Gasteiger partial charge in [-0.2, -0.15) is 4.39 Å². The fraction of sp³-hybridized carbons (Fsp3) is 0.385. The minimum Gasteiger partial charge on any atom is -0.431 e. The fourth-order valence-corrected chi connectivity index (χ4v) is 1.98. The highest BCUT2D eigenvalue weighted by molar-refractivity contribution is 5.78. The van der Waals surface area contributed by atoms with Crippen LogP contribution in [0, 0.1) is 11.8 Å². The average Bonchev–Trinajstić information content (AvgIpc) is 2.58. The van der Waals surface area contributed by atoms with Gasteiger partial charge in [0.05, 0.1) is 0 Å². The Morgan fingerprint density at radius 1 is 1.29 bits per heavy atom. The highest BCUT2D eigenvalue weighted by Crippen LogP contribution is 2.23. The molecule has 2 aromatic rings. The molecule has 2 nitrogen and oxygen atoms in total. The summed E-state index contributed by atoms with van der Waals surface area (Å²) in [5, 5.41) is 3.66. The topological polar surface area (TPSA) is 25.2 Å². The second kappa shape index (κ2) is 4.84. The van der Waals surface area contributed by atoms with Crippen molar-refractivity contribution in [2.75, 3.05) is 6.54 Å². The zero-order valence-corrected chi connectivity index (χ0v) is 9.89.